The van der Waals surface area contributed by atoms with E-state index in [0.717, 1.165) is 4.90 Å². The van der Waals surface area contributed by atoms with Crippen LogP contribution in [-0.4, -0.2) is 35.2 Å². The molecule has 4 N–H and O–H groups in total. The van der Waals surface area contributed by atoms with Gasteiger partial charge in [0.1, 0.15) is 12.1 Å². The molecule has 2 aromatic carbocycles. The van der Waals surface area contributed by atoms with Crippen LogP contribution in [0.4, 0.5) is 10.5 Å². The number of nitrogens with one attached hydrogen (secondary N) is 2. The zero-order chi connectivity index (χ0) is 21.0. The highest BCUT2D eigenvalue weighted by Gasteiger charge is 2.52. The summed E-state index contributed by atoms with van der Waals surface area (Å²) in [6.07, 6.45) is 1.10. The number of nitrogens with two attached hydrogens (primary N) is 1. The van der Waals surface area contributed by atoms with Crippen molar-refractivity contribution in [3.8, 4) is 0 Å². The molecule has 0 aliphatic carbocycles. The van der Waals surface area contributed by atoms with Crippen molar-refractivity contribution in [2.45, 2.75) is 25.3 Å². The molecule has 1 saturated heterocycles. The van der Waals surface area contributed by atoms with Crippen molar-refractivity contribution in [3.05, 3.63) is 65.7 Å². The monoisotopic (exact) mass is 394 g/mol. The Bertz CT molecular complexity index is 943. The Balaban J connectivity index is 1.75. The predicted molar refractivity (Wildman–Crippen MR) is 107 cm³/mol. The van der Waals surface area contributed by atoms with Crippen LogP contribution >= 0.6 is 0 Å². The molecular formula is C21H22N4O4. The van der Waals surface area contributed by atoms with Crippen LogP contribution in [0.3, 0.4) is 0 Å². The highest BCUT2D eigenvalue weighted by molar-refractivity contribution is 6.10. The van der Waals surface area contributed by atoms with Crippen LogP contribution < -0.4 is 16.4 Å². The number of primary amides is 1. The molecule has 1 heterocycles. The summed E-state index contributed by atoms with van der Waals surface area (Å²) in [4.78, 5) is 50.1. The molecule has 5 amide bonds. The second-order valence-corrected chi connectivity index (χ2v) is 6.83. The number of urea groups is 1. The Hall–Kier alpha value is -3.68. The Morgan fingerprint density at radius 2 is 1.72 bits per heavy atom. The van der Waals surface area contributed by atoms with E-state index < -0.39 is 35.8 Å². The largest absolute Gasteiger partial charge is 0.366 e. The van der Waals surface area contributed by atoms with E-state index in [1.165, 1.54) is 24.3 Å². The van der Waals surface area contributed by atoms with Gasteiger partial charge in [0.05, 0.1) is 0 Å². The van der Waals surface area contributed by atoms with Gasteiger partial charge in [-0.2, -0.15) is 0 Å². The number of anilines is 1. The molecule has 1 atom stereocenters. The van der Waals surface area contributed by atoms with Crippen LogP contribution in [0.25, 0.3) is 0 Å². The highest BCUT2D eigenvalue weighted by atomic mass is 16.2. The van der Waals surface area contributed by atoms with Gasteiger partial charge in [-0.15, -0.1) is 0 Å². The Morgan fingerprint density at radius 1 is 1.07 bits per heavy atom. The topological polar surface area (TPSA) is 122 Å². The summed E-state index contributed by atoms with van der Waals surface area (Å²) in [6, 6.07) is 14.4. The van der Waals surface area contributed by atoms with Gasteiger partial charge in [-0.3, -0.25) is 19.3 Å². The van der Waals surface area contributed by atoms with Crippen LogP contribution in [0.5, 0.6) is 0 Å². The zero-order valence-electron chi connectivity index (χ0n) is 16.0. The number of benzene rings is 2. The van der Waals surface area contributed by atoms with Crippen LogP contribution in [0, 0.1) is 0 Å². The van der Waals surface area contributed by atoms with Crippen LogP contribution in [0.1, 0.15) is 35.7 Å². The third-order valence-electron chi connectivity index (χ3n) is 4.82. The van der Waals surface area contributed by atoms with E-state index in [0.29, 0.717) is 29.7 Å². The van der Waals surface area contributed by atoms with Crippen molar-refractivity contribution >= 4 is 29.4 Å². The molecule has 150 valence electrons. The van der Waals surface area contributed by atoms with E-state index in [4.69, 9.17) is 5.73 Å². The van der Waals surface area contributed by atoms with Crippen molar-refractivity contribution < 1.29 is 19.2 Å². The molecule has 3 rings (SSSR count). The summed E-state index contributed by atoms with van der Waals surface area (Å²) in [5, 5.41) is 5.39. The molecular weight excluding hydrogens is 372 g/mol. The van der Waals surface area contributed by atoms with Gasteiger partial charge in [-0.1, -0.05) is 43.7 Å². The summed E-state index contributed by atoms with van der Waals surface area (Å²) in [5.41, 5.74) is 5.44. The average Bonchev–Trinajstić information content (AvgIpc) is 2.94. The number of rotatable bonds is 7. The highest BCUT2D eigenvalue weighted by Crippen LogP contribution is 2.33. The Morgan fingerprint density at radius 3 is 2.31 bits per heavy atom. The van der Waals surface area contributed by atoms with Gasteiger partial charge < -0.3 is 16.4 Å². The van der Waals surface area contributed by atoms with Gasteiger partial charge in [0.15, 0.2) is 0 Å². The lowest BCUT2D eigenvalue weighted by molar-refractivity contribution is -0.134. The second kappa shape index (κ2) is 8.14. The first kappa shape index (κ1) is 20.1. The maximum atomic E-state index is 13.1. The van der Waals surface area contributed by atoms with Gasteiger partial charge in [0.25, 0.3) is 5.91 Å². The second-order valence-electron chi connectivity index (χ2n) is 6.83. The van der Waals surface area contributed by atoms with Crippen molar-refractivity contribution in [2.75, 3.05) is 11.9 Å². The molecule has 2 aromatic rings. The minimum atomic E-state index is -1.17. The zero-order valence-corrected chi connectivity index (χ0v) is 16.0. The fraction of sp³-hybridized carbons (Fsp3) is 0.238. The van der Waals surface area contributed by atoms with Gasteiger partial charge in [0.2, 0.25) is 11.8 Å². The molecule has 1 fully saturated rings. The van der Waals surface area contributed by atoms with E-state index in [2.05, 4.69) is 10.6 Å². The van der Waals surface area contributed by atoms with Crippen LogP contribution in [-0.2, 0) is 15.1 Å². The molecule has 1 aliphatic heterocycles. The quantitative estimate of drug-likeness (QED) is 0.622. The molecule has 0 radical (unpaired) electrons. The number of nitrogens with zero attached hydrogens (tertiary/aromatic N) is 1. The number of hydrogen-bond acceptors (Lipinski definition) is 4. The molecule has 8 heteroatoms. The summed E-state index contributed by atoms with van der Waals surface area (Å²) >= 11 is 0. The number of carbonyl (C=O) groups is 4. The molecule has 29 heavy (non-hydrogen) atoms. The molecule has 8 nitrogen and oxygen atoms in total. The standard InChI is InChI=1S/C21H22N4O4/c1-2-12-21(15-6-4-3-5-7-15)19(28)25(20(29)24-21)13-17(26)23-16-10-8-14(9-11-16)18(22)27/h3-11H,2,12-13H2,1H3,(H2,22,27)(H,23,26)(H,24,29). The molecule has 0 saturated carbocycles. The summed E-state index contributed by atoms with van der Waals surface area (Å²) in [7, 11) is 0. The lowest BCUT2D eigenvalue weighted by Gasteiger charge is -2.26. The van der Waals surface area contributed by atoms with E-state index in [-0.39, 0.29) is 0 Å². The average molecular weight is 394 g/mol. The third kappa shape index (κ3) is 3.96. The number of carbonyl (C=O) groups excluding carboxylic acids is 4. The fourth-order valence-electron chi connectivity index (χ4n) is 3.44. The first-order chi connectivity index (χ1) is 13.9. The van der Waals surface area contributed by atoms with Gasteiger partial charge in [0, 0.05) is 11.3 Å². The van der Waals surface area contributed by atoms with Crippen molar-refractivity contribution in [3.63, 3.8) is 0 Å². The maximum Gasteiger partial charge on any atom is 0.325 e. The predicted octanol–water partition coefficient (Wildman–Crippen LogP) is 1.97. The van der Waals surface area contributed by atoms with Crippen LogP contribution in [0.2, 0.25) is 0 Å². The number of hydrogen-bond donors (Lipinski definition) is 3. The normalized spacial score (nSPS) is 18.4. The Labute approximate surface area is 168 Å². The van der Waals surface area contributed by atoms with Gasteiger partial charge in [-0.25, -0.2) is 4.79 Å². The maximum absolute atomic E-state index is 13.1. The van der Waals surface area contributed by atoms with Crippen molar-refractivity contribution in [1.29, 1.82) is 0 Å². The first-order valence-corrected chi connectivity index (χ1v) is 9.26. The Kier molecular flexibility index (Phi) is 5.63. The molecule has 0 bridgehead atoms. The summed E-state index contributed by atoms with van der Waals surface area (Å²) in [6.45, 7) is 1.51. The lowest BCUT2D eigenvalue weighted by Crippen LogP contribution is -2.44. The summed E-state index contributed by atoms with van der Waals surface area (Å²) < 4.78 is 0. The van der Waals surface area contributed by atoms with Crippen molar-refractivity contribution in [1.82, 2.24) is 10.2 Å². The molecule has 0 spiro atoms. The van der Waals surface area contributed by atoms with E-state index >= 15 is 0 Å². The third-order valence-corrected chi connectivity index (χ3v) is 4.82. The smallest absolute Gasteiger partial charge is 0.325 e. The van der Waals surface area contributed by atoms with E-state index in [1.54, 1.807) is 24.3 Å². The van der Waals surface area contributed by atoms with Gasteiger partial charge in [-0.05, 0) is 36.2 Å². The first-order valence-electron chi connectivity index (χ1n) is 9.26. The molecule has 1 unspecified atom stereocenters. The molecule has 1 aliphatic rings. The van der Waals surface area contributed by atoms with E-state index in [9.17, 15) is 19.2 Å². The number of imide groups is 1. The SMILES string of the molecule is CCCC1(c2ccccc2)NC(=O)N(CC(=O)Nc2ccc(C(N)=O)cc2)C1=O. The van der Waals surface area contributed by atoms with Crippen LogP contribution in [0.15, 0.2) is 54.6 Å². The minimum Gasteiger partial charge on any atom is -0.366 e. The lowest BCUT2D eigenvalue weighted by atomic mass is 9.85. The number of amides is 5. The molecule has 0 aromatic heterocycles. The van der Waals surface area contributed by atoms with Crippen molar-refractivity contribution in [2.24, 2.45) is 5.73 Å². The summed E-state index contributed by atoms with van der Waals surface area (Å²) in [5.74, 6) is -1.55. The van der Waals surface area contributed by atoms with E-state index in [1.807, 2.05) is 13.0 Å². The fourth-order valence-corrected chi connectivity index (χ4v) is 3.44. The minimum absolute atomic E-state index is 0.310. The van der Waals surface area contributed by atoms with Gasteiger partial charge >= 0.3 is 6.03 Å².